The zero-order chi connectivity index (χ0) is 20.1. The van der Waals surface area contributed by atoms with Gasteiger partial charge in [-0.25, -0.2) is 18.0 Å². The molecule has 0 unspecified atom stereocenters. The fourth-order valence-corrected chi connectivity index (χ4v) is 4.24. The summed E-state index contributed by atoms with van der Waals surface area (Å²) in [5, 5.41) is 0.292. The molecule has 2 aromatic heterocycles. The molecular formula is C20H15NO6S. The molecule has 2 heterocycles. The number of nitrogens with zero attached hydrogens (tertiary/aromatic N) is 1. The maximum Gasteiger partial charge on any atom is 0.355 e. The first-order valence-electron chi connectivity index (χ1n) is 8.31. The number of anilines is 1. The Hall–Kier alpha value is -3.39. The van der Waals surface area contributed by atoms with Crippen molar-refractivity contribution in [2.75, 3.05) is 19.0 Å². The summed E-state index contributed by atoms with van der Waals surface area (Å²) in [5.41, 5.74) is -0.800. The Morgan fingerprint density at radius 1 is 0.821 bits per heavy atom. The topological polar surface area (TPSA) is 97.8 Å². The third-order valence-electron chi connectivity index (χ3n) is 4.41. The predicted molar refractivity (Wildman–Crippen MR) is 105 cm³/mol. The molecule has 0 saturated carbocycles. The average molecular weight is 397 g/mol. The van der Waals surface area contributed by atoms with Crippen LogP contribution in [-0.4, -0.2) is 22.5 Å². The molecule has 28 heavy (non-hydrogen) atoms. The molecule has 0 bridgehead atoms. The normalized spacial score (nSPS) is 11.8. The van der Waals surface area contributed by atoms with Gasteiger partial charge in [-0.2, -0.15) is 0 Å². The second kappa shape index (κ2) is 6.35. The monoisotopic (exact) mass is 397 g/mol. The minimum atomic E-state index is -4.14. The first-order valence-corrected chi connectivity index (χ1v) is 9.79. The van der Waals surface area contributed by atoms with E-state index in [1.165, 1.54) is 12.1 Å². The van der Waals surface area contributed by atoms with Gasteiger partial charge in [0, 0.05) is 25.8 Å². The molecule has 142 valence electrons. The predicted octanol–water partition coefficient (Wildman–Crippen LogP) is 2.80. The summed E-state index contributed by atoms with van der Waals surface area (Å²) in [6.45, 7) is 0. The van der Waals surface area contributed by atoms with Crippen molar-refractivity contribution in [3.05, 3.63) is 75.4 Å². The lowest BCUT2D eigenvalue weighted by atomic mass is 10.1. The fourth-order valence-electron chi connectivity index (χ4n) is 2.94. The summed E-state index contributed by atoms with van der Waals surface area (Å²) in [6.07, 6.45) is 0. The Labute approximate surface area is 159 Å². The summed E-state index contributed by atoms with van der Waals surface area (Å²) in [7, 11) is -0.474. The van der Waals surface area contributed by atoms with E-state index in [4.69, 9.17) is 8.83 Å². The summed E-state index contributed by atoms with van der Waals surface area (Å²) in [6, 6.07) is 13.6. The molecule has 0 spiro atoms. The van der Waals surface area contributed by atoms with Crippen LogP contribution in [0.1, 0.15) is 0 Å². The lowest BCUT2D eigenvalue weighted by Gasteiger charge is -2.12. The van der Waals surface area contributed by atoms with Gasteiger partial charge in [0.1, 0.15) is 11.0 Å². The number of fused-ring (bicyclic) bond motifs is 3. The third-order valence-corrected chi connectivity index (χ3v) is 6.16. The molecule has 2 aromatic carbocycles. The van der Waals surface area contributed by atoms with E-state index in [-0.39, 0.29) is 21.4 Å². The number of benzene rings is 2. The van der Waals surface area contributed by atoms with Crippen LogP contribution in [0.4, 0.5) is 5.69 Å². The molecule has 0 aliphatic carbocycles. The fraction of sp³-hybridized carbons (Fsp3) is 0.100. The van der Waals surface area contributed by atoms with E-state index in [1.807, 2.05) is 19.0 Å². The summed E-state index contributed by atoms with van der Waals surface area (Å²) in [4.78, 5) is 26.1. The van der Waals surface area contributed by atoms with Gasteiger partial charge in [-0.15, -0.1) is 0 Å². The molecule has 0 amide bonds. The van der Waals surface area contributed by atoms with E-state index >= 15 is 0 Å². The van der Waals surface area contributed by atoms with Gasteiger partial charge in [0.15, 0.2) is 10.5 Å². The Kier molecular flexibility index (Phi) is 4.08. The maximum absolute atomic E-state index is 12.8. The highest BCUT2D eigenvalue weighted by atomic mass is 32.2. The Bertz CT molecular complexity index is 1430. The molecule has 0 saturated heterocycles. The van der Waals surface area contributed by atoms with Gasteiger partial charge in [0.2, 0.25) is 9.84 Å². The van der Waals surface area contributed by atoms with E-state index in [9.17, 15) is 18.0 Å². The highest BCUT2D eigenvalue weighted by Crippen LogP contribution is 2.27. The van der Waals surface area contributed by atoms with Gasteiger partial charge in [0.25, 0.3) is 0 Å². The maximum atomic E-state index is 12.8. The molecule has 0 aliphatic rings. The second-order valence-electron chi connectivity index (χ2n) is 6.42. The van der Waals surface area contributed by atoms with Crippen LogP contribution in [0.3, 0.4) is 0 Å². The van der Waals surface area contributed by atoms with Crippen molar-refractivity contribution in [3.63, 3.8) is 0 Å². The molecular weight excluding hydrogens is 382 g/mol. The van der Waals surface area contributed by atoms with Crippen LogP contribution in [0.2, 0.25) is 0 Å². The van der Waals surface area contributed by atoms with Crippen molar-refractivity contribution in [2.24, 2.45) is 0 Å². The van der Waals surface area contributed by atoms with Crippen LogP contribution in [0.15, 0.2) is 82.8 Å². The van der Waals surface area contributed by atoms with Gasteiger partial charge in [0.05, 0.1) is 10.3 Å². The van der Waals surface area contributed by atoms with Crippen LogP contribution >= 0.6 is 0 Å². The summed E-state index contributed by atoms with van der Waals surface area (Å²) < 4.78 is 36.2. The molecule has 0 fully saturated rings. The quantitative estimate of drug-likeness (QED) is 0.387. The van der Waals surface area contributed by atoms with Gasteiger partial charge >= 0.3 is 11.3 Å². The number of rotatable bonds is 3. The highest BCUT2D eigenvalue weighted by Gasteiger charge is 2.25. The molecule has 0 N–H and O–H groups in total. The van der Waals surface area contributed by atoms with Crippen molar-refractivity contribution in [1.29, 1.82) is 0 Å². The molecule has 8 heteroatoms. The van der Waals surface area contributed by atoms with Crippen molar-refractivity contribution >= 4 is 37.5 Å². The number of hydrogen-bond acceptors (Lipinski definition) is 7. The van der Waals surface area contributed by atoms with Crippen LogP contribution in [0, 0.1) is 0 Å². The van der Waals surface area contributed by atoms with Gasteiger partial charge < -0.3 is 13.7 Å². The Balaban J connectivity index is 2.04. The van der Waals surface area contributed by atoms with Crippen LogP contribution in [0.5, 0.6) is 0 Å². The molecule has 4 rings (SSSR count). The second-order valence-corrected chi connectivity index (χ2v) is 8.34. The minimum absolute atomic E-state index is 0.00596. The van der Waals surface area contributed by atoms with Gasteiger partial charge in [-0.1, -0.05) is 18.2 Å². The third kappa shape index (κ3) is 2.78. The standard InChI is InChI=1S/C20H15NO6S/c1-21(2)12-8-9-14-16(10-12)26-19(22)15-11-17(20(23)27-18(14)15)28(24,25)13-6-4-3-5-7-13/h3-11H,1-2H3. The largest absolute Gasteiger partial charge is 0.422 e. The Morgan fingerprint density at radius 2 is 1.54 bits per heavy atom. The van der Waals surface area contributed by atoms with E-state index in [1.54, 1.807) is 36.4 Å². The van der Waals surface area contributed by atoms with Crippen molar-refractivity contribution in [3.8, 4) is 0 Å². The first-order chi connectivity index (χ1) is 13.3. The van der Waals surface area contributed by atoms with Crippen molar-refractivity contribution in [1.82, 2.24) is 0 Å². The average Bonchev–Trinajstić information content (AvgIpc) is 2.67. The highest BCUT2D eigenvalue weighted by molar-refractivity contribution is 7.91. The lowest BCUT2D eigenvalue weighted by molar-refractivity contribution is 0.524. The van der Waals surface area contributed by atoms with Crippen LogP contribution in [-0.2, 0) is 9.84 Å². The molecule has 4 aromatic rings. The zero-order valence-electron chi connectivity index (χ0n) is 15.0. The molecule has 7 nitrogen and oxygen atoms in total. The summed E-state index contributed by atoms with van der Waals surface area (Å²) in [5.74, 6) is 0. The van der Waals surface area contributed by atoms with E-state index in [2.05, 4.69) is 0 Å². The first kappa shape index (κ1) is 18.0. The molecule has 0 atom stereocenters. The minimum Gasteiger partial charge on any atom is -0.422 e. The zero-order valence-corrected chi connectivity index (χ0v) is 15.8. The van der Waals surface area contributed by atoms with Crippen molar-refractivity contribution in [2.45, 2.75) is 9.79 Å². The molecule has 0 aliphatic heterocycles. The number of hydrogen-bond donors (Lipinski definition) is 0. The van der Waals surface area contributed by atoms with E-state index < -0.39 is 26.0 Å². The summed E-state index contributed by atoms with van der Waals surface area (Å²) >= 11 is 0. The smallest absolute Gasteiger partial charge is 0.355 e. The number of sulfone groups is 1. The van der Waals surface area contributed by atoms with Crippen LogP contribution in [0.25, 0.3) is 21.9 Å². The molecule has 0 radical (unpaired) electrons. The van der Waals surface area contributed by atoms with Crippen LogP contribution < -0.4 is 16.2 Å². The lowest BCUT2D eigenvalue weighted by Crippen LogP contribution is -2.16. The Morgan fingerprint density at radius 3 is 2.21 bits per heavy atom. The van der Waals surface area contributed by atoms with Gasteiger partial charge in [-0.05, 0) is 30.3 Å². The van der Waals surface area contributed by atoms with E-state index in [0.717, 1.165) is 11.8 Å². The van der Waals surface area contributed by atoms with Gasteiger partial charge in [-0.3, -0.25) is 0 Å². The van der Waals surface area contributed by atoms with E-state index in [0.29, 0.717) is 5.39 Å². The SMILES string of the molecule is CN(C)c1ccc2c(c1)oc(=O)c1cc(S(=O)(=O)c3ccccc3)c(=O)oc12. The van der Waals surface area contributed by atoms with Crippen molar-refractivity contribution < 1.29 is 17.3 Å².